The Morgan fingerprint density at radius 2 is 1.86 bits per heavy atom. The summed E-state index contributed by atoms with van der Waals surface area (Å²) in [5.41, 5.74) is 0. The van der Waals surface area contributed by atoms with Crippen molar-refractivity contribution in [2.45, 2.75) is 57.1 Å². The Kier molecular flexibility index (Phi) is 7.54. The number of hydrogen-bond acceptors (Lipinski definition) is 5. The van der Waals surface area contributed by atoms with E-state index in [0.29, 0.717) is 11.8 Å². The van der Waals surface area contributed by atoms with Crippen LogP contribution >= 0.6 is 0 Å². The molecule has 9 heteroatoms. The minimum absolute atomic E-state index is 0.0365. The fourth-order valence-corrected chi connectivity index (χ4v) is 4.20. The van der Waals surface area contributed by atoms with Crippen molar-refractivity contribution < 1.29 is 27.1 Å². The molecule has 0 saturated heterocycles. The Morgan fingerprint density at radius 1 is 1.21 bits per heavy atom. The van der Waals surface area contributed by atoms with Gasteiger partial charge in [-0.1, -0.05) is 26.7 Å². The van der Waals surface area contributed by atoms with Crippen molar-refractivity contribution in [3.63, 3.8) is 0 Å². The van der Waals surface area contributed by atoms with Gasteiger partial charge in [0.15, 0.2) is 6.10 Å². The Labute approximate surface area is 165 Å². The van der Waals surface area contributed by atoms with Crippen LogP contribution in [0.3, 0.4) is 0 Å². The van der Waals surface area contributed by atoms with E-state index in [0.717, 1.165) is 43.5 Å². The third kappa shape index (κ3) is 6.00. The summed E-state index contributed by atoms with van der Waals surface area (Å²) in [6.45, 7) is 5.06. The largest absolute Gasteiger partial charge is 0.452 e. The SMILES string of the molecule is C[C@@H]1[C@H](C)CCC[C@@H]1NC(=O)[C@@H](C)OC(=O)CNS(=O)(=O)c1ccc(F)cc1. The number of esters is 1. The monoisotopic (exact) mass is 414 g/mol. The zero-order chi connectivity index (χ0) is 20.9. The molecule has 2 N–H and O–H groups in total. The molecular weight excluding hydrogens is 387 g/mol. The second-order valence-electron chi connectivity index (χ2n) is 7.29. The second kappa shape index (κ2) is 9.47. The number of sulfonamides is 1. The molecule has 0 unspecified atom stereocenters. The average Bonchev–Trinajstić information content (AvgIpc) is 2.64. The Balaban J connectivity index is 1.83. The van der Waals surface area contributed by atoms with Gasteiger partial charge in [-0.25, -0.2) is 12.8 Å². The van der Waals surface area contributed by atoms with Gasteiger partial charge in [-0.2, -0.15) is 4.72 Å². The molecule has 1 amide bonds. The van der Waals surface area contributed by atoms with E-state index in [4.69, 9.17) is 4.74 Å². The molecule has 2 rings (SSSR count). The minimum Gasteiger partial charge on any atom is -0.452 e. The highest BCUT2D eigenvalue weighted by atomic mass is 32.2. The molecule has 1 aromatic rings. The molecule has 28 heavy (non-hydrogen) atoms. The number of ether oxygens (including phenoxy) is 1. The van der Waals surface area contributed by atoms with E-state index >= 15 is 0 Å². The van der Waals surface area contributed by atoms with E-state index in [1.165, 1.54) is 6.92 Å². The van der Waals surface area contributed by atoms with Crippen LogP contribution in [0, 0.1) is 17.7 Å². The van der Waals surface area contributed by atoms with Gasteiger partial charge in [-0.3, -0.25) is 9.59 Å². The summed E-state index contributed by atoms with van der Waals surface area (Å²) in [6.07, 6.45) is 2.02. The molecule has 1 aliphatic rings. The van der Waals surface area contributed by atoms with Gasteiger partial charge in [0, 0.05) is 6.04 Å². The minimum atomic E-state index is -3.98. The number of halogens is 1. The second-order valence-corrected chi connectivity index (χ2v) is 9.06. The van der Waals surface area contributed by atoms with Gasteiger partial charge in [0.25, 0.3) is 5.91 Å². The van der Waals surface area contributed by atoms with Crippen LogP contribution in [0.25, 0.3) is 0 Å². The molecular formula is C19H27FN2O5S. The number of carbonyl (C=O) groups excluding carboxylic acids is 2. The van der Waals surface area contributed by atoms with E-state index < -0.39 is 40.4 Å². The Morgan fingerprint density at radius 3 is 2.50 bits per heavy atom. The first-order valence-electron chi connectivity index (χ1n) is 9.35. The quantitative estimate of drug-likeness (QED) is 0.665. The lowest BCUT2D eigenvalue weighted by molar-refractivity contribution is -0.154. The number of rotatable bonds is 7. The summed E-state index contributed by atoms with van der Waals surface area (Å²) in [4.78, 5) is 24.0. The highest BCUT2D eigenvalue weighted by Crippen LogP contribution is 2.29. The maximum atomic E-state index is 12.9. The van der Waals surface area contributed by atoms with E-state index in [-0.39, 0.29) is 10.9 Å². The molecule has 1 fully saturated rings. The summed E-state index contributed by atoms with van der Waals surface area (Å²) < 4.78 is 44.2. The van der Waals surface area contributed by atoms with Crippen LogP contribution in [-0.4, -0.2) is 39.0 Å². The van der Waals surface area contributed by atoms with Crippen molar-refractivity contribution in [1.29, 1.82) is 0 Å². The van der Waals surface area contributed by atoms with Crippen LogP contribution in [-0.2, 0) is 24.3 Å². The van der Waals surface area contributed by atoms with Crippen LogP contribution in [0.1, 0.15) is 40.0 Å². The van der Waals surface area contributed by atoms with Crippen LogP contribution in [0.4, 0.5) is 4.39 Å². The smallest absolute Gasteiger partial charge is 0.321 e. The van der Waals surface area contributed by atoms with Crippen LogP contribution in [0.5, 0.6) is 0 Å². The summed E-state index contributed by atoms with van der Waals surface area (Å²) in [5, 5.41) is 2.92. The third-order valence-electron chi connectivity index (χ3n) is 5.24. The topological polar surface area (TPSA) is 102 Å². The molecule has 1 aromatic carbocycles. The van der Waals surface area contributed by atoms with Crippen LogP contribution in [0.2, 0.25) is 0 Å². The average molecular weight is 414 g/mol. The third-order valence-corrected chi connectivity index (χ3v) is 6.66. The van der Waals surface area contributed by atoms with E-state index in [9.17, 15) is 22.4 Å². The zero-order valence-electron chi connectivity index (χ0n) is 16.3. The van der Waals surface area contributed by atoms with Gasteiger partial charge >= 0.3 is 5.97 Å². The first-order valence-corrected chi connectivity index (χ1v) is 10.8. The molecule has 0 radical (unpaired) electrons. The van der Waals surface area contributed by atoms with E-state index in [2.05, 4.69) is 23.9 Å². The number of benzene rings is 1. The molecule has 4 atom stereocenters. The number of nitrogens with one attached hydrogen (secondary N) is 2. The van der Waals surface area contributed by atoms with Gasteiger partial charge in [0.05, 0.1) is 4.90 Å². The maximum absolute atomic E-state index is 12.9. The van der Waals surface area contributed by atoms with E-state index in [1.807, 2.05) is 0 Å². The molecule has 0 bridgehead atoms. The number of hydrogen-bond donors (Lipinski definition) is 2. The predicted molar refractivity (Wildman–Crippen MR) is 101 cm³/mol. The number of amides is 1. The Bertz CT molecular complexity index is 797. The first-order chi connectivity index (χ1) is 13.1. The van der Waals surface area contributed by atoms with Crippen molar-refractivity contribution in [3.8, 4) is 0 Å². The lowest BCUT2D eigenvalue weighted by atomic mass is 9.78. The molecule has 0 heterocycles. The molecule has 7 nitrogen and oxygen atoms in total. The standard InChI is InChI=1S/C19H27FN2O5S/c1-12-5-4-6-17(13(12)2)22-19(24)14(3)27-18(23)11-21-28(25,26)16-9-7-15(20)8-10-16/h7-10,12-14,17,21H,4-6,11H2,1-3H3,(H,22,24)/t12-,13-,14-,17+/m1/s1. The highest BCUT2D eigenvalue weighted by molar-refractivity contribution is 7.89. The van der Waals surface area contributed by atoms with Crippen LogP contribution in [0.15, 0.2) is 29.2 Å². The van der Waals surface area contributed by atoms with Gasteiger partial charge in [-0.15, -0.1) is 0 Å². The highest BCUT2D eigenvalue weighted by Gasteiger charge is 2.30. The van der Waals surface area contributed by atoms with Gasteiger partial charge < -0.3 is 10.1 Å². The Hall–Kier alpha value is -2.00. The predicted octanol–water partition coefficient (Wildman–Crippen LogP) is 1.98. The zero-order valence-corrected chi connectivity index (χ0v) is 17.1. The molecule has 0 aromatic heterocycles. The summed E-state index contributed by atoms with van der Waals surface area (Å²) in [6, 6.07) is 4.23. The fourth-order valence-electron chi connectivity index (χ4n) is 3.23. The molecule has 0 aliphatic heterocycles. The normalized spacial score (nSPS) is 23.6. The van der Waals surface area contributed by atoms with Crippen molar-refractivity contribution >= 4 is 21.9 Å². The van der Waals surface area contributed by atoms with Crippen molar-refractivity contribution in [1.82, 2.24) is 10.0 Å². The van der Waals surface area contributed by atoms with Crippen molar-refractivity contribution in [2.24, 2.45) is 11.8 Å². The molecule has 156 valence electrons. The lowest BCUT2D eigenvalue weighted by Gasteiger charge is -2.35. The number of carbonyl (C=O) groups is 2. The summed E-state index contributed by atoms with van der Waals surface area (Å²) in [7, 11) is -3.98. The van der Waals surface area contributed by atoms with Crippen LogP contribution < -0.4 is 10.0 Å². The summed E-state index contributed by atoms with van der Waals surface area (Å²) >= 11 is 0. The van der Waals surface area contributed by atoms with Gasteiger partial charge in [-0.05, 0) is 49.4 Å². The van der Waals surface area contributed by atoms with Crippen molar-refractivity contribution in [3.05, 3.63) is 30.1 Å². The van der Waals surface area contributed by atoms with E-state index in [1.54, 1.807) is 0 Å². The lowest BCUT2D eigenvalue weighted by Crippen LogP contribution is -2.48. The fraction of sp³-hybridized carbons (Fsp3) is 0.579. The molecule has 1 aliphatic carbocycles. The molecule has 1 saturated carbocycles. The van der Waals surface area contributed by atoms with Crippen molar-refractivity contribution in [2.75, 3.05) is 6.54 Å². The van der Waals surface area contributed by atoms with Gasteiger partial charge in [0.1, 0.15) is 12.4 Å². The summed E-state index contributed by atoms with van der Waals surface area (Å²) in [5.74, 6) is -1.00. The molecule has 0 spiro atoms. The maximum Gasteiger partial charge on any atom is 0.321 e. The van der Waals surface area contributed by atoms with Gasteiger partial charge in [0.2, 0.25) is 10.0 Å². The first kappa shape index (κ1) is 22.3.